The molecule has 3 rings (SSSR count). The molecule has 0 saturated carbocycles. The minimum Gasteiger partial charge on any atom is -0.377 e. The summed E-state index contributed by atoms with van der Waals surface area (Å²) in [7, 11) is 0. The molecule has 1 nitrogen and oxygen atoms in total. The van der Waals surface area contributed by atoms with Gasteiger partial charge in [-0.2, -0.15) is 0 Å². The van der Waals surface area contributed by atoms with Crippen molar-refractivity contribution in [3.8, 4) is 0 Å². The van der Waals surface area contributed by atoms with Crippen molar-refractivity contribution in [1.29, 1.82) is 0 Å². The van der Waals surface area contributed by atoms with Gasteiger partial charge in [-0.3, -0.25) is 0 Å². The van der Waals surface area contributed by atoms with Crippen LogP contribution in [0.25, 0.3) is 0 Å². The molecule has 0 radical (unpaired) electrons. The first-order chi connectivity index (χ1) is 8.08. The number of rotatable bonds is 0. The van der Waals surface area contributed by atoms with E-state index < -0.39 is 0 Å². The third-order valence-corrected chi connectivity index (χ3v) is 4.13. The van der Waals surface area contributed by atoms with E-state index >= 15 is 0 Å². The maximum absolute atomic E-state index is 6.34. The van der Waals surface area contributed by atoms with Crippen LogP contribution in [0.5, 0.6) is 0 Å². The number of allylic oxidation sites excluding steroid dienone is 2. The molecule has 0 spiro atoms. The van der Waals surface area contributed by atoms with Crippen molar-refractivity contribution in [2.75, 3.05) is 5.32 Å². The lowest BCUT2D eigenvalue weighted by atomic mass is 9.73. The van der Waals surface area contributed by atoms with Gasteiger partial charge in [0.2, 0.25) is 0 Å². The van der Waals surface area contributed by atoms with Crippen LogP contribution in [0.15, 0.2) is 47.0 Å². The Labute approximate surface area is 107 Å². The second kappa shape index (κ2) is 3.64. The number of nitrogens with one attached hydrogen (secondary N) is 1. The summed E-state index contributed by atoms with van der Waals surface area (Å²) in [6.07, 6.45) is 5.20. The molecule has 1 aromatic rings. The summed E-state index contributed by atoms with van der Waals surface area (Å²) in [5, 5.41) is 4.53. The summed E-state index contributed by atoms with van der Waals surface area (Å²) in [4.78, 5) is 0. The fourth-order valence-electron chi connectivity index (χ4n) is 2.71. The van der Waals surface area contributed by atoms with Crippen LogP contribution >= 0.6 is 11.6 Å². The van der Waals surface area contributed by atoms with Crippen molar-refractivity contribution in [1.82, 2.24) is 0 Å². The van der Waals surface area contributed by atoms with E-state index in [-0.39, 0.29) is 5.41 Å². The Bertz CT molecular complexity index is 525. The molecule has 0 saturated heterocycles. The molecule has 88 valence electrons. The van der Waals surface area contributed by atoms with Crippen LogP contribution in [-0.2, 0) is 6.42 Å². The van der Waals surface area contributed by atoms with Gasteiger partial charge in [0.05, 0.1) is 6.04 Å². The Morgan fingerprint density at radius 3 is 2.88 bits per heavy atom. The molecule has 1 aromatic carbocycles. The molecule has 2 aliphatic rings. The first-order valence-corrected chi connectivity index (χ1v) is 6.38. The highest BCUT2D eigenvalue weighted by atomic mass is 35.5. The fourth-order valence-corrected chi connectivity index (χ4v) is 2.95. The van der Waals surface area contributed by atoms with Crippen LogP contribution in [0.3, 0.4) is 0 Å². The van der Waals surface area contributed by atoms with Gasteiger partial charge in [0, 0.05) is 16.1 Å². The number of hydrogen-bond donors (Lipinski definition) is 1. The zero-order valence-corrected chi connectivity index (χ0v) is 10.9. The average molecular weight is 246 g/mol. The van der Waals surface area contributed by atoms with Gasteiger partial charge in [0.1, 0.15) is 0 Å². The number of halogens is 1. The number of anilines is 1. The lowest BCUT2D eigenvalue weighted by Gasteiger charge is -2.41. The molecule has 1 N–H and O–H groups in total. The van der Waals surface area contributed by atoms with Gasteiger partial charge in [-0.25, -0.2) is 0 Å². The highest BCUT2D eigenvalue weighted by molar-refractivity contribution is 6.31. The van der Waals surface area contributed by atoms with Gasteiger partial charge < -0.3 is 5.32 Å². The molecule has 1 aliphatic heterocycles. The summed E-state index contributed by atoms with van der Waals surface area (Å²) in [6, 6.07) is 8.79. The predicted molar refractivity (Wildman–Crippen MR) is 73.4 cm³/mol. The first kappa shape index (κ1) is 10.9. The van der Waals surface area contributed by atoms with E-state index in [1.54, 1.807) is 0 Å². The molecule has 17 heavy (non-hydrogen) atoms. The summed E-state index contributed by atoms with van der Waals surface area (Å²) in [5.74, 6) is 0. The van der Waals surface area contributed by atoms with Crippen molar-refractivity contribution < 1.29 is 0 Å². The second-order valence-corrected chi connectivity index (χ2v) is 5.85. The molecule has 1 heterocycles. The van der Waals surface area contributed by atoms with E-state index in [0.717, 1.165) is 11.5 Å². The molecule has 1 unspecified atom stereocenters. The Balaban J connectivity index is 2.11. The van der Waals surface area contributed by atoms with Crippen molar-refractivity contribution >= 4 is 17.3 Å². The van der Waals surface area contributed by atoms with Crippen molar-refractivity contribution in [2.45, 2.75) is 26.3 Å². The van der Waals surface area contributed by atoms with Gasteiger partial charge in [-0.15, -0.1) is 0 Å². The number of hydrogen-bond acceptors (Lipinski definition) is 1. The standard InChI is InChI=1S/C15H16ClN/c1-15(2)8-7-12(16)11-9-10-5-3-4-6-13(10)17-14(11)15/h3-8,14,17H,9H2,1-2H3. The van der Waals surface area contributed by atoms with Gasteiger partial charge >= 0.3 is 0 Å². The monoisotopic (exact) mass is 245 g/mol. The normalized spacial score (nSPS) is 25.0. The number of para-hydroxylation sites is 1. The van der Waals surface area contributed by atoms with Gasteiger partial charge in [0.15, 0.2) is 0 Å². The summed E-state index contributed by atoms with van der Waals surface area (Å²) in [5.41, 5.74) is 4.01. The molecule has 0 fully saturated rings. The zero-order valence-electron chi connectivity index (χ0n) is 10.1. The lowest BCUT2D eigenvalue weighted by Crippen LogP contribution is -2.41. The Kier molecular flexibility index (Phi) is 2.34. The quantitative estimate of drug-likeness (QED) is 0.725. The van der Waals surface area contributed by atoms with Crippen LogP contribution in [0.1, 0.15) is 19.4 Å². The number of benzene rings is 1. The van der Waals surface area contributed by atoms with Crippen molar-refractivity contribution in [3.05, 3.63) is 52.6 Å². The third kappa shape index (κ3) is 1.69. The average Bonchev–Trinajstić information content (AvgIpc) is 2.33. The third-order valence-electron chi connectivity index (χ3n) is 3.76. The van der Waals surface area contributed by atoms with E-state index in [9.17, 15) is 0 Å². The molecule has 1 aliphatic carbocycles. The molecule has 1 atom stereocenters. The fraction of sp³-hybridized carbons (Fsp3) is 0.333. The molecule has 0 aromatic heterocycles. The van der Waals surface area contributed by atoms with Crippen molar-refractivity contribution in [3.63, 3.8) is 0 Å². The highest BCUT2D eigenvalue weighted by Gasteiger charge is 2.36. The van der Waals surface area contributed by atoms with Gasteiger partial charge in [-0.05, 0) is 29.7 Å². The molecule has 2 heteroatoms. The molecule has 0 bridgehead atoms. The highest BCUT2D eigenvalue weighted by Crippen LogP contribution is 2.42. The second-order valence-electron chi connectivity index (χ2n) is 5.44. The Morgan fingerprint density at radius 1 is 1.29 bits per heavy atom. The minimum absolute atomic E-state index is 0.112. The van der Waals surface area contributed by atoms with E-state index in [1.165, 1.54) is 16.8 Å². The minimum atomic E-state index is 0.112. The van der Waals surface area contributed by atoms with Gasteiger partial charge in [-0.1, -0.05) is 49.7 Å². The maximum atomic E-state index is 6.34. The summed E-state index contributed by atoms with van der Waals surface area (Å²) < 4.78 is 0. The largest absolute Gasteiger partial charge is 0.377 e. The number of fused-ring (bicyclic) bond motifs is 2. The van der Waals surface area contributed by atoms with Crippen LogP contribution in [-0.4, -0.2) is 6.04 Å². The predicted octanol–water partition coefficient (Wildman–Crippen LogP) is 4.11. The van der Waals surface area contributed by atoms with E-state index in [0.29, 0.717) is 6.04 Å². The Morgan fingerprint density at radius 2 is 2.06 bits per heavy atom. The van der Waals surface area contributed by atoms with E-state index in [2.05, 4.69) is 49.5 Å². The molecular weight excluding hydrogens is 230 g/mol. The molecular formula is C15H16ClN. The van der Waals surface area contributed by atoms with Gasteiger partial charge in [0.25, 0.3) is 0 Å². The summed E-state index contributed by atoms with van der Waals surface area (Å²) >= 11 is 6.34. The topological polar surface area (TPSA) is 12.0 Å². The molecule has 0 amide bonds. The first-order valence-electron chi connectivity index (χ1n) is 6.00. The Hall–Kier alpha value is -1.21. The summed E-state index contributed by atoms with van der Waals surface area (Å²) in [6.45, 7) is 4.50. The van der Waals surface area contributed by atoms with Crippen molar-refractivity contribution in [2.24, 2.45) is 5.41 Å². The van der Waals surface area contributed by atoms with Crippen LogP contribution in [0, 0.1) is 5.41 Å². The van der Waals surface area contributed by atoms with Crippen LogP contribution < -0.4 is 5.32 Å². The van der Waals surface area contributed by atoms with E-state index in [4.69, 9.17) is 11.6 Å². The van der Waals surface area contributed by atoms with Crippen LogP contribution in [0.4, 0.5) is 5.69 Å². The maximum Gasteiger partial charge on any atom is 0.0580 e. The lowest BCUT2D eigenvalue weighted by molar-refractivity contribution is 0.416. The zero-order chi connectivity index (χ0) is 12.0. The van der Waals surface area contributed by atoms with E-state index in [1.807, 2.05) is 6.08 Å². The SMILES string of the molecule is CC1(C)C=CC(Cl)=C2Cc3ccccc3NC21. The van der Waals surface area contributed by atoms with Crippen LogP contribution in [0.2, 0.25) is 0 Å². The smallest absolute Gasteiger partial charge is 0.0580 e.